The van der Waals surface area contributed by atoms with Gasteiger partial charge in [-0.25, -0.2) is 0 Å². The van der Waals surface area contributed by atoms with E-state index in [9.17, 15) is 13.6 Å². The Kier molecular flexibility index (Phi) is 4.92. The summed E-state index contributed by atoms with van der Waals surface area (Å²) in [7, 11) is 1.69. The van der Waals surface area contributed by atoms with Crippen molar-refractivity contribution in [1.29, 1.82) is 0 Å². The molecule has 8 heteroatoms. The monoisotopic (exact) mass is 311 g/mol. The zero-order chi connectivity index (χ0) is 16.1. The van der Waals surface area contributed by atoms with Crippen LogP contribution in [0.15, 0.2) is 30.5 Å². The highest BCUT2D eigenvalue weighted by molar-refractivity contribution is 6.02. The Hall–Kier alpha value is -2.64. The molecule has 0 atom stereocenters. The van der Waals surface area contributed by atoms with Gasteiger partial charge >= 0.3 is 6.61 Å². The van der Waals surface area contributed by atoms with Crippen molar-refractivity contribution in [3.05, 3.63) is 36.2 Å². The van der Waals surface area contributed by atoms with E-state index in [1.807, 2.05) is 0 Å². The lowest BCUT2D eigenvalue weighted by Crippen LogP contribution is -2.13. The lowest BCUT2D eigenvalue weighted by Gasteiger charge is -2.13. The van der Waals surface area contributed by atoms with Gasteiger partial charge in [0.25, 0.3) is 5.91 Å². The van der Waals surface area contributed by atoms with Crippen LogP contribution in [0.3, 0.4) is 0 Å². The highest BCUT2D eigenvalue weighted by Gasteiger charge is 2.14. The molecule has 0 unspecified atom stereocenters. The van der Waals surface area contributed by atoms with E-state index in [1.54, 1.807) is 26.2 Å². The molecule has 1 amide bonds. The second-order valence-corrected chi connectivity index (χ2v) is 4.30. The molecule has 1 heterocycles. The van der Waals surface area contributed by atoms with Crippen LogP contribution in [0, 0.1) is 0 Å². The number of benzene rings is 1. The minimum absolute atomic E-state index is 0.0901. The Bertz CT molecular complexity index is 659. The van der Waals surface area contributed by atoms with E-state index in [4.69, 9.17) is 4.74 Å². The highest BCUT2D eigenvalue weighted by atomic mass is 19.3. The van der Waals surface area contributed by atoms with Crippen molar-refractivity contribution in [2.45, 2.75) is 13.5 Å². The highest BCUT2D eigenvalue weighted by Crippen LogP contribution is 2.31. The lowest BCUT2D eigenvalue weighted by atomic mass is 10.2. The number of amides is 1. The maximum atomic E-state index is 12.3. The predicted molar refractivity (Wildman–Crippen MR) is 75.4 cm³/mol. The summed E-state index contributed by atoms with van der Waals surface area (Å²) < 4.78 is 35.7. The number of aromatic nitrogens is 2. The molecule has 1 N–H and O–H groups in total. The molecule has 2 aromatic rings. The molecule has 0 bridgehead atoms. The first-order valence-corrected chi connectivity index (χ1v) is 6.52. The summed E-state index contributed by atoms with van der Waals surface area (Å²) >= 11 is 0. The number of alkyl halides is 2. The van der Waals surface area contributed by atoms with Crippen molar-refractivity contribution >= 4 is 11.6 Å². The van der Waals surface area contributed by atoms with Crippen molar-refractivity contribution in [3.63, 3.8) is 0 Å². The van der Waals surface area contributed by atoms with E-state index >= 15 is 0 Å². The fourth-order valence-corrected chi connectivity index (χ4v) is 1.78. The normalized spacial score (nSPS) is 10.6. The first kappa shape index (κ1) is 15.7. The van der Waals surface area contributed by atoms with Gasteiger partial charge in [-0.2, -0.15) is 13.9 Å². The van der Waals surface area contributed by atoms with Gasteiger partial charge in [0.15, 0.2) is 17.2 Å². The summed E-state index contributed by atoms with van der Waals surface area (Å²) in [5.74, 6) is -0.375. The molecule has 2 rings (SSSR count). The number of aryl methyl sites for hydroxylation is 1. The van der Waals surface area contributed by atoms with Crippen LogP contribution in [-0.2, 0) is 7.05 Å². The van der Waals surface area contributed by atoms with E-state index < -0.39 is 12.5 Å². The molecule has 0 aliphatic rings. The van der Waals surface area contributed by atoms with Gasteiger partial charge in [0.05, 0.1) is 6.61 Å². The second kappa shape index (κ2) is 6.88. The molecule has 0 spiro atoms. The number of nitrogens with one attached hydrogen (secondary N) is 1. The van der Waals surface area contributed by atoms with E-state index in [1.165, 1.54) is 22.9 Å². The van der Waals surface area contributed by atoms with Crippen LogP contribution in [0.4, 0.5) is 14.5 Å². The first-order chi connectivity index (χ1) is 10.5. The Morgan fingerprint density at radius 1 is 1.36 bits per heavy atom. The van der Waals surface area contributed by atoms with Gasteiger partial charge in [0.2, 0.25) is 0 Å². The Morgan fingerprint density at radius 3 is 2.73 bits per heavy atom. The van der Waals surface area contributed by atoms with Crippen LogP contribution in [0.5, 0.6) is 11.5 Å². The van der Waals surface area contributed by atoms with Crippen LogP contribution in [0.25, 0.3) is 0 Å². The van der Waals surface area contributed by atoms with E-state index in [-0.39, 0.29) is 23.8 Å². The van der Waals surface area contributed by atoms with Gasteiger partial charge < -0.3 is 14.8 Å². The summed E-state index contributed by atoms with van der Waals surface area (Å²) in [6.07, 6.45) is 1.64. The van der Waals surface area contributed by atoms with Crippen molar-refractivity contribution in [2.24, 2.45) is 7.05 Å². The van der Waals surface area contributed by atoms with Gasteiger partial charge in [-0.1, -0.05) is 0 Å². The largest absolute Gasteiger partial charge is 0.490 e. The average Bonchev–Trinajstić information content (AvgIpc) is 2.88. The van der Waals surface area contributed by atoms with Crippen molar-refractivity contribution in [1.82, 2.24) is 9.78 Å². The summed E-state index contributed by atoms with van der Waals surface area (Å²) in [5.41, 5.74) is 0.633. The number of anilines is 1. The molecular formula is C14H15F2N3O3. The molecule has 0 aliphatic heterocycles. The molecule has 118 valence electrons. The number of nitrogens with zero attached hydrogens (tertiary/aromatic N) is 2. The molecule has 22 heavy (non-hydrogen) atoms. The quantitative estimate of drug-likeness (QED) is 0.891. The van der Waals surface area contributed by atoms with Crippen LogP contribution in [0.2, 0.25) is 0 Å². The van der Waals surface area contributed by atoms with Crippen molar-refractivity contribution in [2.75, 3.05) is 11.9 Å². The number of hydrogen-bond donors (Lipinski definition) is 1. The second-order valence-electron chi connectivity index (χ2n) is 4.30. The van der Waals surface area contributed by atoms with Gasteiger partial charge in [0, 0.05) is 25.0 Å². The molecule has 1 aromatic heterocycles. The van der Waals surface area contributed by atoms with Gasteiger partial charge in [-0.3, -0.25) is 9.48 Å². The Labute approximate surface area is 125 Å². The minimum Gasteiger partial charge on any atom is -0.490 e. The molecule has 0 saturated carbocycles. The number of ether oxygens (including phenoxy) is 2. The fourth-order valence-electron chi connectivity index (χ4n) is 1.78. The predicted octanol–water partition coefficient (Wildman–Crippen LogP) is 2.67. The molecular weight excluding hydrogens is 296 g/mol. The van der Waals surface area contributed by atoms with Crippen LogP contribution in [0.1, 0.15) is 17.4 Å². The van der Waals surface area contributed by atoms with Crippen LogP contribution in [-0.4, -0.2) is 28.9 Å². The summed E-state index contributed by atoms with van der Waals surface area (Å²) in [4.78, 5) is 12.0. The topological polar surface area (TPSA) is 65.4 Å². The molecule has 1 aromatic carbocycles. The fraction of sp³-hybridized carbons (Fsp3) is 0.286. The number of rotatable bonds is 6. The van der Waals surface area contributed by atoms with E-state index in [0.717, 1.165) is 0 Å². The van der Waals surface area contributed by atoms with E-state index in [2.05, 4.69) is 15.2 Å². The van der Waals surface area contributed by atoms with Gasteiger partial charge in [0.1, 0.15) is 0 Å². The third kappa shape index (κ3) is 3.94. The molecule has 0 fully saturated rings. The number of halogens is 2. The Morgan fingerprint density at radius 2 is 2.14 bits per heavy atom. The van der Waals surface area contributed by atoms with Gasteiger partial charge in [-0.15, -0.1) is 0 Å². The molecule has 0 aliphatic carbocycles. The summed E-state index contributed by atoms with van der Waals surface area (Å²) in [6, 6.07) is 5.74. The minimum atomic E-state index is -2.95. The first-order valence-electron chi connectivity index (χ1n) is 6.52. The standard InChI is InChI=1S/C14H15F2N3O3/c1-3-21-12-8-9(4-5-11(12)22-14(15)16)17-13(20)10-6-7-19(2)18-10/h4-8,14H,3H2,1-2H3,(H,17,20). The summed E-state index contributed by atoms with van der Waals surface area (Å²) in [6.45, 7) is -0.962. The maximum Gasteiger partial charge on any atom is 0.387 e. The third-order valence-electron chi connectivity index (χ3n) is 2.66. The van der Waals surface area contributed by atoms with E-state index in [0.29, 0.717) is 5.69 Å². The number of carbonyl (C=O) groups excluding carboxylic acids is 1. The van der Waals surface area contributed by atoms with Crippen LogP contribution < -0.4 is 14.8 Å². The maximum absolute atomic E-state index is 12.3. The molecule has 6 nitrogen and oxygen atoms in total. The molecule has 0 radical (unpaired) electrons. The molecule has 0 saturated heterocycles. The zero-order valence-corrected chi connectivity index (χ0v) is 12.0. The van der Waals surface area contributed by atoms with Crippen LogP contribution >= 0.6 is 0 Å². The summed E-state index contributed by atoms with van der Waals surface area (Å²) in [5, 5.41) is 6.59. The average molecular weight is 311 g/mol. The SMILES string of the molecule is CCOc1cc(NC(=O)c2ccn(C)n2)ccc1OC(F)F. The zero-order valence-electron chi connectivity index (χ0n) is 12.0. The third-order valence-corrected chi connectivity index (χ3v) is 2.66. The smallest absolute Gasteiger partial charge is 0.387 e. The number of hydrogen-bond acceptors (Lipinski definition) is 4. The Balaban J connectivity index is 2.17. The van der Waals surface area contributed by atoms with Crippen molar-refractivity contribution < 1.29 is 23.0 Å². The number of carbonyl (C=O) groups is 1. The van der Waals surface area contributed by atoms with Crippen molar-refractivity contribution in [3.8, 4) is 11.5 Å². The lowest BCUT2D eigenvalue weighted by molar-refractivity contribution is -0.0514. The van der Waals surface area contributed by atoms with Gasteiger partial charge in [-0.05, 0) is 25.1 Å².